The van der Waals surface area contributed by atoms with Crippen molar-refractivity contribution in [2.75, 3.05) is 31.6 Å². The van der Waals surface area contributed by atoms with Gasteiger partial charge in [-0.05, 0) is 36.8 Å². The summed E-state index contributed by atoms with van der Waals surface area (Å²) in [4.78, 5) is 9.54. The smallest absolute Gasteiger partial charge is 0.232 e. The van der Waals surface area contributed by atoms with E-state index in [0.29, 0.717) is 42.4 Å². The van der Waals surface area contributed by atoms with Gasteiger partial charge < -0.3 is 24.7 Å². The SMILES string of the molecule is C[C@@H]1CNC[C@H]1COc1nc(Nc2cnn(C)c2)nc2c1ccn2COCCCCCCCCCCCC(C)(C)C. The van der Waals surface area contributed by atoms with E-state index in [1.54, 1.807) is 10.9 Å². The van der Waals surface area contributed by atoms with Gasteiger partial charge >= 0.3 is 0 Å². The Labute approximate surface area is 246 Å². The van der Waals surface area contributed by atoms with Crippen LogP contribution in [0.1, 0.15) is 91.9 Å². The minimum absolute atomic E-state index is 0.463. The predicted molar refractivity (Wildman–Crippen MR) is 167 cm³/mol. The molecular weight excluding hydrogens is 514 g/mol. The van der Waals surface area contributed by atoms with Crippen molar-refractivity contribution in [1.82, 2.24) is 29.6 Å². The largest absolute Gasteiger partial charge is 0.477 e. The summed E-state index contributed by atoms with van der Waals surface area (Å²) in [5.41, 5.74) is 2.12. The number of anilines is 2. The highest BCUT2D eigenvalue weighted by Crippen LogP contribution is 2.28. The van der Waals surface area contributed by atoms with Crippen molar-refractivity contribution in [1.29, 1.82) is 0 Å². The fourth-order valence-corrected chi connectivity index (χ4v) is 5.46. The predicted octanol–water partition coefficient (Wildman–Crippen LogP) is 7.06. The molecule has 0 aliphatic carbocycles. The molecule has 9 heteroatoms. The third-order valence-corrected chi connectivity index (χ3v) is 8.10. The van der Waals surface area contributed by atoms with Crippen LogP contribution >= 0.6 is 0 Å². The Bertz CT molecular complexity index is 1180. The van der Waals surface area contributed by atoms with Gasteiger partial charge in [-0.1, -0.05) is 79.1 Å². The van der Waals surface area contributed by atoms with Crippen molar-refractivity contribution in [3.8, 4) is 5.88 Å². The highest BCUT2D eigenvalue weighted by atomic mass is 16.5. The number of rotatable bonds is 18. The first kappa shape index (κ1) is 31.3. The van der Waals surface area contributed by atoms with Gasteiger partial charge in [-0.15, -0.1) is 0 Å². The van der Waals surface area contributed by atoms with Crippen LogP contribution in [0.4, 0.5) is 11.6 Å². The summed E-state index contributed by atoms with van der Waals surface area (Å²) in [6.07, 6.45) is 18.9. The molecular formula is C32H53N7O2. The lowest BCUT2D eigenvalue weighted by atomic mass is 9.89. The van der Waals surface area contributed by atoms with E-state index in [0.717, 1.165) is 42.8 Å². The summed E-state index contributed by atoms with van der Waals surface area (Å²) in [5, 5.41) is 11.9. The number of nitrogens with zero attached hydrogens (tertiary/aromatic N) is 5. The van der Waals surface area contributed by atoms with Gasteiger partial charge in [-0.3, -0.25) is 4.68 Å². The maximum Gasteiger partial charge on any atom is 0.232 e. The molecule has 2 N–H and O–H groups in total. The second-order valence-corrected chi connectivity index (χ2v) is 13.1. The number of aryl methyl sites for hydroxylation is 1. The van der Waals surface area contributed by atoms with E-state index < -0.39 is 0 Å². The van der Waals surface area contributed by atoms with E-state index >= 15 is 0 Å². The van der Waals surface area contributed by atoms with E-state index in [4.69, 9.17) is 19.4 Å². The maximum absolute atomic E-state index is 6.29. The van der Waals surface area contributed by atoms with Crippen LogP contribution < -0.4 is 15.4 Å². The minimum atomic E-state index is 0.463. The van der Waals surface area contributed by atoms with Crippen LogP contribution in [0.15, 0.2) is 24.7 Å². The van der Waals surface area contributed by atoms with Gasteiger partial charge in [-0.25, -0.2) is 0 Å². The summed E-state index contributed by atoms with van der Waals surface area (Å²) in [7, 11) is 1.89. The molecule has 0 spiro atoms. The van der Waals surface area contributed by atoms with Gasteiger partial charge in [0, 0.05) is 38.5 Å². The van der Waals surface area contributed by atoms with Gasteiger partial charge in [0.2, 0.25) is 11.8 Å². The van der Waals surface area contributed by atoms with Crippen molar-refractivity contribution < 1.29 is 9.47 Å². The molecule has 4 heterocycles. The third kappa shape index (κ3) is 10.3. The normalized spacial score (nSPS) is 17.5. The Morgan fingerprint density at radius 1 is 1.00 bits per heavy atom. The second-order valence-electron chi connectivity index (χ2n) is 13.1. The molecule has 3 aromatic heterocycles. The summed E-state index contributed by atoms with van der Waals surface area (Å²) in [5.74, 6) is 2.15. The summed E-state index contributed by atoms with van der Waals surface area (Å²) < 4.78 is 16.1. The number of nitrogens with one attached hydrogen (secondary N) is 2. The summed E-state index contributed by atoms with van der Waals surface area (Å²) >= 11 is 0. The Hall–Kier alpha value is -2.65. The molecule has 0 unspecified atom stereocenters. The Balaban J connectivity index is 1.22. The van der Waals surface area contributed by atoms with Crippen LogP contribution in [0.3, 0.4) is 0 Å². The molecule has 0 bridgehead atoms. The average Bonchev–Trinajstić information content (AvgIpc) is 3.65. The van der Waals surface area contributed by atoms with Gasteiger partial charge in [-0.2, -0.15) is 15.1 Å². The van der Waals surface area contributed by atoms with Crippen LogP contribution in [-0.2, 0) is 18.5 Å². The quantitative estimate of drug-likeness (QED) is 0.159. The zero-order valence-electron chi connectivity index (χ0n) is 26.1. The number of aromatic nitrogens is 5. The molecule has 9 nitrogen and oxygen atoms in total. The van der Waals surface area contributed by atoms with Crippen molar-refractivity contribution >= 4 is 22.7 Å². The van der Waals surface area contributed by atoms with E-state index in [-0.39, 0.29) is 0 Å². The molecule has 1 fully saturated rings. The van der Waals surface area contributed by atoms with E-state index in [2.05, 4.69) is 43.4 Å². The zero-order valence-corrected chi connectivity index (χ0v) is 26.1. The van der Waals surface area contributed by atoms with Crippen molar-refractivity contribution in [3.05, 3.63) is 24.7 Å². The fraction of sp³-hybridized carbons (Fsp3) is 0.719. The van der Waals surface area contributed by atoms with Crippen LogP contribution in [0.5, 0.6) is 5.88 Å². The Kier molecular flexibility index (Phi) is 11.9. The van der Waals surface area contributed by atoms with Gasteiger partial charge in [0.25, 0.3) is 0 Å². The van der Waals surface area contributed by atoms with Gasteiger partial charge in [0.05, 0.1) is 23.9 Å². The molecule has 0 amide bonds. The monoisotopic (exact) mass is 567 g/mol. The molecule has 1 saturated heterocycles. The maximum atomic E-state index is 6.29. The lowest BCUT2D eigenvalue weighted by Gasteiger charge is -2.17. The first-order valence-electron chi connectivity index (χ1n) is 15.8. The van der Waals surface area contributed by atoms with Crippen LogP contribution in [-0.4, -0.2) is 50.6 Å². The highest BCUT2D eigenvalue weighted by molar-refractivity contribution is 5.83. The number of fused-ring (bicyclic) bond motifs is 1. The number of ether oxygens (including phenoxy) is 2. The Morgan fingerprint density at radius 3 is 2.39 bits per heavy atom. The Morgan fingerprint density at radius 2 is 1.73 bits per heavy atom. The van der Waals surface area contributed by atoms with E-state index in [1.165, 1.54) is 57.8 Å². The third-order valence-electron chi connectivity index (χ3n) is 8.10. The highest BCUT2D eigenvalue weighted by Gasteiger charge is 2.24. The second kappa shape index (κ2) is 15.5. The lowest BCUT2D eigenvalue weighted by molar-refractivity contribution is 0.0763. The topological polar surface area (TPSA) is 91.0 Å². The van der Waals surface area contributed by atoms with Crippen LogP contribution in [0.2, 0.25) is 0 Å². The molecule has 1 aliphatic rings. The first-order chi connectivity index (χ1) is 19.8. The standard InChI is InChI=1S/C32H53N7O2/c1-25-19-33-20-26(25)23-41-30-28-15-17-39(29(28)36-31(37-30)35-27-21-34-38(5)22-27)24-40-18-14-12-10-8-6-7-9-11-13-16-32(2,3)4/h15,17,21-22,25-26,33H,6-14,16,18-20,23-24H2,1-5H3,(H,35,36,37)/t25-,26+/m1/s1. The van der Waals surface area contributed by atoms with Crippen LogP contribution in [0, 0.1) is 17.3 Å². The van der Waals surface area contributed by atoms with Gasteiger partial charge in [0.1, 0.15) is 6.73 Å². The molecule has 228 valence electrons. The van der Waals surface area contributed by atoms with Crippen molar-refractivity contribution in [2.24, 2.45) is 24.3 Å². The minimum Gasteiger partial charge on any atom is -0.477 e. The number of unbranched alkanes of at least 4 members (excludes halogenated alkanes) is 8. The molecule has 1 aliphatic heterocycles. The molecule has 3 aromatic rings. The van der Waals surface area contributed by atoms with E-state index in [1.807, 2.05) is 30.1 Å². The number of hydrogen-bond acceptors (Lipinski definition) is 7. The lowest BCUT2D eigenvalue weighted by Crippen LogP contribution is -2.19. The van der Waals surface area contributed by atoms with Crippen LogP contribution in [0.25, 0.3) is 11.0 Å². The summed E-state index contributed by atoms with van der Waals surface area (Å²) in [6, 6.07) is 2.03. The van der Waals surface area contributed by atoms with Crippen molar-refractivity contribution in [3.63, 3.8) is 0 Å². The molecule has 0 aromatic carbocycles. The van der Waals surface area contributed by atoms with Gasteiger partial charge in [0.15, 0.2) is 5.65 Å². The summed E-state index contributed by atoms with van der Waals surface area (Å²) in [6.45, 7) is 13.1. The molecule has 2 atom stereocenters. The van der Waals surface area contributed by atoms with Crippen molar-refractivity contribution in [2.45, 2.75) is 98.6 Å². The fourth-order valence-electron chi connectivity index (χ4n) is 5.46. The zero-order chi connectivity index (χ0) is 29.1. The first-order valence-corrected chi connectivity index (χ1v) is 15.8. The molecule has 0 radical (unpaired) electrons. The molecule has 0 saturated carbocycles. The molecule has 41 heavy (non-hydrogen) atoms. The average molecular weight is 568 g/mol. The molecule has 4 rings (SSSR count). The van der Waals surface area contributed by atoms with E-state index in [9.17, 15) is 0 Å². The number of hydrogen-bond donors (Lipinski definition) is 2.